The molecule has 1 heterocycles. The van der Waals surface area contributed by atoms with Crippen molar-refractivity contribution in [3.63, 3.8) is 0 Å². The highest BCUT2D eigenvalue weighted by atomic mass is 32.2. The Balaban J connectivity index is 2.05. The fraction of sp³-hybridized carbons (Fsp3) is 0.600. The van der Waals surface area contributed by atoms with Crippen LogP contribution in [0.5, 0.6) is 0 Å². The Labute approximate surface area is 120 Å². The van der Waals surface area contributed by atoms with E-state index in [1.807, 2.05) is 0 Å². The molecule has 1 aromatic rings. The van der Waals surface area contributed by atoms with Crippen LogP contribution in [0.2, 0.25) is 0 Å². The van der Waals surface area contributed by atoms with Crippen molar-refractivity contribution in [3.05, 3.63) is 35.6 Å². The van der Waals surface area contributed by atoms with Gasteiger partial charge in [-0.25, -0.2) is 12.8 Å². The lowest BCUT2D eigenvalue weighted by Gasteiger charge is -2.22. The molecule has 1 fully saturated rings. The highest BCUT2D eigenvalue weighted by molar-refractivity contribution is 7.91. The number of hydrogen-bond donors (Lipinski definition) is 1. The lowest BCUT2D eigenvalue weighted by atomic mass is 9.94. The Kier molecular flexibility index (Phi) is 5.16. The smallest absolute Gasteiger partial charge is 0.150 e. The van der Waals surface area contributed by atoms with Crippen molar-refractivity contribution < 1.29 is 12.8 Å². The monoisotopic (exact) mass is 299 g/mol. The molecule has 0 spiro atoms. The molecule has 2 unspecified atom stereocenters. The molecule has 2 rings (SSSR count). The van der Waals surface area contributed by atoms with Crippen LogP contribution in [-0.2, 0) is 9.84 Å². The summed E-state index contributed by atoms with van der Waals surface area (Å²) >= 11 is 0. The second kappa shape index (κ2) is 6.68. The molecule has 1 aliphatic heterocycles. The standard InChI is InChI=1S/C15H22FNO2S/c1-2-8-17-15(13-3-5-14(16)6-4-13)10-12-7-9-20(18,19)11-12/h3-6,12,15,17H,2,7-11H2,1H3. The van der Waals surface area contributed by atoms with E-state index < -0.39 is 9.84 Å². The Morgan fingerprint density at radius 3 is 2.60 bits per heavy atom. The van der Waals surface area contributed by atoms with Crippen LogP contribution in [0.4, 0.5) is 4.39 Å². The van der Waals surface area contributed by atoms with Crippen molar-refractivity contribution in [2.45, 2.75) is 32.2 Å². The molecule has 1 N–H and O–H groups in total. The molecule has 0 bridgehead atoms. The van der Waals surface area contributed by atoms with E-state index >= 15 is 0 Å². The molecule has 112 valence electrons. The van der Waals surface area contributed by atoms with Gasteiger partial charge < -0.3 is 5.32 Å². The average molecular weight is 299 g/mol. The molecule has 1 aromatic carbocycles. The van der Waals surface area contributed by atoms with E-state index in [-0.39, 0.29) is 17.8 Å². The third-order valence-electron chi connectivity index (χ3n) is 3.81. The van der Waals surface area contributed by atoms with Gasteiger partial charge in [0.25, 0.3) is 0 Å². The first-order valence-corrected chi connectivity index (χ1v) is 9.01. The zero-order chi connectivity index (χ0) is 14.6. The normalized spacial score (nSPS) is 22.8. The molecule has 5 heteroatoms. The third-order valence-corrected chi connectivity index (χ3v) is 5.65. The zero-order valence-electron chi connectivity index (χ0n) is 11.8. The molecule has 3 nitrogen and oxygen atoms in total. The maximum Gasteiger partial charge on any atom is 0.150 e. The second-order valence-electron chi connectivity index (χ2n) is 5.56. The molecule has 2 atom stereocenters. The number of benzene rings is 1. The number of nitrogens with one attached hydrogen (secondary N) is 1. The summed E-state index contributed by atoms with van der Waals surface area (Å²) < 4.78 is 36.1. The molecule has 0 amide bonds. The zero-order valence-corrected chi connectivity index (χ0v) is 12.6. The molecule has 1 saturated heterocycles. The van der Waals surface area contributed by atoms with E-state index in [0.717, 1.165) is 31.4 Å². The van der Waals surface area contributed by atoms with Gasteiger partial charge in [-0.2, -0.15) is 0 Å². The maximum atomic E-state index is 13.0. The quantitative estimate of drug-likeness (QED) is 0.878. The number of halogens is 1. The molecule has 0 radical (unpaired) electrons. The summed E-state index contributed by atoms with van der Waals surface area (Å²) in [5.74, 6) is 0.561. The van der Waals surface area contributed by atoms with Crippen LogP contribution in [-0.4, -0.2) is 26.5 Å². The number of hydrogen-bond acceptors (Lipinski definition) is 3. The van der Waals surface area contributed by atoms with Gasteiger partial charge in [0.2, 0.25) is 0 Å². The predicted molar refractivity (Wildman–Crippen MR) is 78.8 cm³/mol. The van der Waals surface area contributed by atoms with Crippen molar-refractivity contribution in [2.75, 3.05) is 18.1 Å². The summed E-state index contributed by atoms with van der Waals surface area (Å²) in [6.45, 7) is 2.97. The SMILES string of the molecule is CCCNC(CC1CCS(=O)(=O)C1)c1ccc(F)cc1. The van der Waals surface area contributed by atoms with Crippen molar-refractivity contribution in [1.82, 2.24) is 5.32 Å². The van der Waals surface area contributed by atoms with Crippen LogP contribution >= 0.6 is 0 Å². The minimum absolute atomic E-state index is 0.105. The van der Waals surface area contributed by atoms with Gasteiger partial charge in [0.1, 0.15) is 5.82 Å². The van der Waals surface area contributed by atoms with Crippen LogP contribution in [0.25, 0.3) is 0 Å². The van der Waals surface area contributed by atoms with Crippen molar-refractivity contribution in [1.29, 1.82) is 0 Å². The highest BCUT2D eigenvalue weighted by Crippen LogP contribution is 2.29. The Hall–Kier alpha value is -0.940. The van der Waals surface area contributed by atoms with E-state index in [9.17, 15) is 12.8 Å². The van der Waals surface area contributed by atoms with Gasteiger partial charge in [-0.15, -0.1) is 0 Å². The molecular formula is C15H22FNO2S. The van der Waals surface area contributed by atoms with Gasteiger partial charge in [0, 0.05) is 6.04 Å². The number of sulfone groups is 1. The second-order valence-corrected chi connectivity index (χ2v) is 7.79. The summed E-state index contributed by atoms with van der Waals surface area (Å²) in [5, 5.41) is 3.44. The van der Waals surface area contributed by atoms with Gasteiger partial charge in [0.05, 0.1) is 11.5 Å². The van der Waals surface area contributed by atoms with Crippen LogP contribution in [0.1, 0.15) is 37.8 Å². The highest BCUT2D eigenvalue weighted by Gasteiger charge is 2.30. The van der Waals surface area contributed by atoms with Crippen LogP contribution in [0, 0.1) is 11.7 Å². The summed E-state index contributed by atoms with van der Waals surface area (Å²) in [4.78, 5) is 0. The van der Waals surface area contributed by atoms with E-state index in [2.05, 4.69) is 12.2 Å². The molecular weight excluding hydrogens is 277 g/mol. The van der Waals surface area contributed by atoms with Crippen LogP contribution < -0.4 is 5.32 Å². The third kappa shape index (κ3) is 4.28. The topological polar surface area (TPSA) is 46.2 Å². The maximum absolute atomic E-state index is 13.0. The number of rotatable bonds is 6. The van der Waals surface area contributed by atoms with E-state index in [1.165, 1.54) is 12.1 Å². The largest absolute Gasteiger partial charge is 0.310 e. The first kappa shape index (κ1) is 15.4. The van der Waals surface area contributed by atoms with Crippen molar-refractivity contribution in [3.8, 4) is 0 Å². The Morgan fingerprint density at radius 2 is 2.05 bits per heavy atom. The fourth-order valence-corrected chi connectivity index (χ4v) is 4.62. The summed E-state index contributed by atoms with van der Waals surface area (Å²) in [5.41, 5.74) is 1.03. The van der Waals surface area contributed by atoms with Gasteiger partial charge in [-0.3, -0.25) is 0 Å². The molecule has 1 aliphatic rings. The molecule has 0 aromatic heterocycles. The molecule has 20 heavy (non-hydrogen) atoms. The van der Waals surface area contributed by atoms with Crippen molar-refractivity contribution >= 4 is 9.84 Å². The van der Waals surface area contributed by atoms with E-state index in [0.29, 0.717) is 11.5 Å². The van der Waals surface area contributed by atoms with Crippen LogP contribution in [0.15, 0.2) is 24.3 Å². The van der Waals surface area contributed by atoms with Gasteiger partial charge in [-0.05, 0) is 49.4 Å². The lowest BCUT2D eigenvalue weighted by molar-refractivity contribution is 0.414. The van der Waals surface area contributed by atoms with Gasteiger partial charge in [0.15, 0.2) is 9.84 Å². The first-order chi connectivity index (χ1) is 9.50. The van der Waals surface area contributed by atoms with Gasteiger partial charge >= 0.3 is 0 Å². The summed E-state index contributed by atoms with van der Waals surface area (Å²) in [6, 6.07) is 6.59. The van der Waals surface area contributed by atoms with Crippen LogP contribution in [0.3, 0.4) is 0 Å². The summed E-state index contributed by atoms with van der Waals surface area (Å²) in [7, 11) is -2.84. The molecule has 0 saturated carbocycles. The van der Waals surface area contributed by atoms with Gasteiger partial charge in [-0.1, -0.05) is 19.1 Å². The lowest BCUT2D eigenvalue weighted by Crippen LogP contribution is -2.25. The molecule has 0 aliphatic carbocycles. The minimum Gasteiger partial charge on any atom is -0.310 e. The van der Waals surface area contributed by atoms with Crippen molar-refractivity contribution in [2.24, 2.45) is 5.92 Å². The minimum atomic E-state index is -2.84. The fourth-order valence-electron chi connectivity index (χ4n) is 2.74. The predicted octanol–water partition coefficient (Wildman–Crippen LogP) is 2.69. The first-order valence-electron chi connectivity index (χ1n) is 7.19. The van der Waals surface area contributed by atoms with E-state index in [4.69, 9.17) is 0 Å². The average Bonchev–Trinajstić information content (AvgIpc) is 2.75. The Morgan fingerprint density at radius 1 is 1.35 bits per heavy atom. The van der Waals surface area contributed by atoms with E-state index in [1.54, 1.807) is 12.1 Å². The summed E-state index contributed by atoms with van der Waals surface area (Å²) in [6.07, 6.45) is 2.55. The Bertz CT molecular complexity index is 527.